The predicted molar refractivity (Wildman–Crippen MR) is 119 cm³/mol. The van der Waals surface area contributed by atoms with Crippen molar-refractivity contribution in [2.75, 3.05) is 19.5 Å². The minimum absolute atomic E-state index is 0.254. The number of benzene rings is 2. The molecular formula is C22H23N3O3S. The van der Waals surface area contributed by atoms with Gasteiger partial charge in [-0.25, -0.2) is 0 Å². The van der Waals surface area contributed by atoms with Crippen LogP contribution in [0.15, 0.2) is 65.9 Å². The first-order chi connectivity index (χ1) is 14.0. The average molecular weight is 410 g/mol. The Morgan fingerprint density at radius 3 is 2.59 bits per heavy atom. The number of anilines is 1. The van der Waals surface area contributed by atoms with Crippen LogP contribution in [0.25, 0.3) is 6.08 Å². The molecule has 2 aromatic carbocycles. The van der Waals surface area contributed by atoms with E-state index in [9.17, 15) is 4.79 Å². The summed E-state index contributed by atoms with van der Waals surface area (Å²) in [4.78, 5) is 13.1. The Morgan fingerprint density at radius 1 is 1.14 bits per heavy atom. The van der Waals surface area contributed by atoms with E-state index >= 15 is 0 Å². The largest absolute Gasteiger partial charge is 0.497 e. The molecule has 0 aromatic heterocycles. The van der Waals surface area contributed by atoms with E-state index in [-0.39, 0.29) is 11.9 Å². The van der Waals surface area contributed by atoms with Crippen LogP contribution >= 0.6 is 12.2 Å². The van der Waals surface area contributed by atoms with Crippen LogP contribution in [0.5, 0.6) is 11.5 Å². The van der Waals surface area contributed by atoms with E-state index < -0.39 is 0 Å². The monoisotopic (exact) mass is 409 g/mol. The Labute approximate surface area is 175 Å². The molecule has 1 heterocycles. The molecule has 1 amide bonds. The van der Waals surface area contributed by atoms with E-state index in [0.717, 1.165) is 5.56 Å². The number of hydrogen-bond donors (Lipinski definition) is 3. The first-order valence-corrected chi connectivity index (χ1v) is 9.47. The highest BCUT2D eigenvalue weighted by Crippen LogP contribution is 2.30. The minimum atomic E-state index is -0.367. The van der Waals surface area contributed by atoms with Crippen molar-refractivity contribution in [3.63, 3.8) is 0 Å². The normalized spacial score (nSPS) is 16.2. The Hall–Kier alpha value is -3.32. The number of thiocarbonyl (C=S) groups is 1. The molecule has 0 aliphatic carbocycles. The number of rotatable bonds is 6. The fraction of sp³-hybridized carbons (Fsp3) is 0.182. The Bertz CT molecular complexity index is 971. The van der Waals surface area contributed by atoms with Crippen molar-refractivity contribution < 1.29 is 14.3 Å². The highest BCUT2D eigenvalue weighted by Gasteiger charge is 2.27. The third-order valence-electron chi connectivity index (χ3n) is 4.48. The molecule has 1 aliphatic rings. The number of carbonyl (C=O) groups is 1. The van der Waals surface area contributed by atoms with Crippen LogP contribution in [0.4, 0.5) is 5.69 Å². The van der Waals surface area contributed by atoms with Gasteiger partial charge in [0.15, 0.2) is 5.11 Å². The van der Waals surface area contributed by atoms with Crippen molar-refractivity contribution in [2.45, 2.75) is 13.0 Å². The van der Waals surface area contributed by atoms with Gasteiger partial charge < -0.3 is 25.4 Å². The zero-order valence-corrected chi connectivity index (χ0v) is 17.3. The maximum absolute atomic E-state index is 13.1. The van der Waals surface area contributed by atoms with E-state index in [1.54, 1.807) is 32.4 Å². The summed E-state index contributed by atoms with van der Waals surface area (Å²) in [5, 5.41) is 9.57. The second-order valence-corrected chi connectivity index (χ2v) is 6.81. The summed E-state index contributed by atoms with van der Waals surface area (Å²) in [7, 11) is 3.12. The molecule has 0 spiro atoms. The molecular weight excluding hydrogens is 386 g/mol. The summed E-state index contributed by atoms with van der Waals surface area (Å²) in [5.74, 6) is 0.904. The molecule has 1 unspecified atom stereocenters. The van der Waals surface area contributed by atoms with Crippen LogP contribution in [0.1, 0.15) is 12.5 Å². The van der Waals surface area contributed by atoms with Crippen LogP contribution < -0.4 is 25.4 Å². The SMILES string of the molecule is COc1ccc(NC(=O)C2=C(C)NC(=S)NC2/C=C\c2ccccc2)c(OC)c1. The summed E-state index contributed by atoms with van der Waals surface area (Å²) in [6, 6.07) is 14.7. The van der Waals surface area contributed by atoms with Crippen LogP contribution in [-0.4, -0.2) is 31.3 Å². The molecule has 6 nitrogen and oxygen atoms in total. The maximum atomic E-state index is 13.1. The first kappa shape index (κ1) is 20.4. The molecule has 2 aromatic rings. The van der Waals surface area contributed by atoms with Gasteiger partial charge in [-0.15, -0.1) is 0 Å². The summed E-state index contributed by atoms with van der Waals surface area (Å²) < 4.78 is 10.6. The van der Waals surface area contributed by atoms with E-state index in [1.165, 1.54) is 0 Å². The lowest BCUT2D eigenvalue weighted by Crippen LogP contribution is -2.49. The number of carbonyl (C=O) groups excluding carboxylic acids is 1. The Balaban J connectivity index is 1.87. The molecule has 29 heavy (non-hydrogen) atoms. The van der Waals surface area contributed by atoms with Gasteiger partial charge in [-0.2, -0.15) is 0 Å². The van der Waals surface area contributed by atoms with Crippen LogP contribution in [0.3, 0.4) is 0 Å². The first-order valence-electron chi connectivity index (χ1n) is 9.06. The highest BCUT2D eigenvalue weighted by molar-refractivity contribution is 7.80. The molecule has 0 radical (unpaired) electrons. The number of allylic oxidation sites excluding steroid dienone is 1. The second-order valence-electron chi connectivity index (χ2n) is 6.40. The van der Waals surface area contributed by atoms with E-state index in [4.69, 9.17) is 21.7 Å². The molecule has 1 aliphatic heterocycles. The molecule has 0 saturated heterocycles. The highest BCUT2D eigenvalue weighted by atomic mass is 32.1. The quantitative estimate of drug-likeness (QED) is 0.635. The molecule has 0 bridgehead atoms. The fourth-order valence-electron chi connectivity index (χ4n) is 3.04. The summed E-state index contributed by atoms with van der Waals surface area (Å²) in [5.41, 5.74) is 2.83. The van der Waals surface area contributed by atoms with Crippen LogP contribution in [0, 0.1) is 0 Å². The summed E-state index contributed by atoms with van der Waals surface area (Å²) in [6.07, 6.45) is 3.88. The van der Waals surface area contributed by atoms with E-state index in [0.29, 0.717) is 33.6 Å². The van der Waals surface area contributed by atoms with Gasteiger partial charge >= 0.3 is 0 Å². The molecule has 7 heteroatoms. The number of methoxy groups -OCH3 is 2. The molecule has 0 saturated carbocycles. The Morgan fingerprint density at radius 2 is 1.90 bits per heavy atom. The van der Waals surface area contributed by atoms with Crippen molar-refractivity contribution in [3.05, 3.63) is 71.4 Å². The van der Waals surface area contributed by atoms with Gasteiger partial charge in [0, 0.05) is 11.8 Å². The summed E-state index contributed by atoms with van der Waals surface area (Å²) in [6.45, 7) is 1.83. The van der Waals surface area contributed by atoms with Gasteiger partial charge in [0.2, 0.25) is 0 Å². The molecule has 0 fully saturated rings. The maximum Gasteiger partial charge on any atom is 0.255 e. The standard InChI is InChI=1S/C22H23N3O3S/c1-14-20(21(26)24-17-12-10-16(27-2)13-19(17)28-3)18(25-22(29)23-14)11-9-15-7-5-4-6-8-15/h4-13,18H,1-3H3,(H,24,26)(H2,23,25,29)/b11-9-. The third-order valence-corrected chi connectivity index (χ3v) is 4.70. The summed E-state index contributed by atoms with van der Waals surface area (Å²) >= 11 is 5.27. The molecule has 1 atom stereocenters. The van der Waals surface area contributed by atoms with Crippen molar-refractivity contribution in [1.29, 1.82) is 0 Å². The second kappa shape index (κ2) is 9.25. The zero-order chi connectivity index (χ0) is 20.8. The van der Waals surface area contributed by atoms with E-state index in [2.05, 4.69) is 16.0 Å². The predicted octanol–water partition coefficient (Wildman–Crippen LogP) is 3.48. The molecule has 150 valence electrons. The van der Waals surface area contributed by atoms with Gasteiger partial charge in [0.1, 0.15) is 11.5 Å². The van der Waals surface area contributed by atoms with Gasteiger partial charge in [0.25, 0.3) is 5.91 Å². The number of nitrogens with one attached hydrogen (secondary N) is 3. The van der Waals surface area contributed by atoms with Crippen LogP contribution in [-0.2, 0) is 4.79 Å². The van der Waals surface area contributed by atoms with Crippen molar-refractivity contribution in [3.8, 4) is 11.5 Å². The average Bonchev–Trinajstić information content (AvgIpc) is 2.72. The lowest BCUT2D eigenvalue weighted by atomic mass is 10.0. The zero-order valence-electron chi connectivity index (χ0n) is 16.5. The number of ether oxygens (including phenoxy) is 2. The fourth-order valence-corrected chi connectivity index (χ4v) is 3.32. The van der Waals surface area contributed by atoms with Crippen LogP contribution in [0.2, 0.25) is 0 Å². The van der Waals surface area contributed by atoms with E-state index in [1.807, 2.05) is 49.4 Å². The molecule has 3 rings (SSSR count). The molecule has 3 N–H and O–H groups in total. The number of hydrogen-bond acceptors (Lipinski definition) is 4. The minimum Gasteiger partial charge on any atom is -0.497 e. The van der Waals surface area contributed by atoms with Gasteiger partial charge in [-0.1, -0.05) is 42.5 Å². The lowest BCUT2D eigenvalue weighted by molar-refractivity contribution is -0.113. The Kier molecular flexibility index (Phi) is 6.51. The van der Waals surface area contributed by atoms with Gasteiger partial charge in [-0.3, -0.25) is 4.79 Å². The van der Waals surface area contributed by atoms with Crippen molar-refractivity contribution in [1.82, 2.24) is 10.6 Å². The smallest absolute Gasteiger partial charge is 0.255 e. The topological polar surface area (TPSA) is 71.6 Å². The van der Waals surface area contributed by atoms with Crippen molar-refractivity contribution in [2.24, 2.45) is 0 Å². The lowest BCUT2D eigenvalue weighted by Gasteiger charge is -2.28. The van der Waals surface area contributed by atoms with Gasteiger partial charge in [0.05, 0.1) is 31.5 Å². The third kappa shape index (κ3) is 4.94. The van der Waals surface area contributed by atoms with Crippen molar-refractivity contribution >= 4 is 35.0 Å². The van der Waals surface area contributed by atoms with Gasteiger partial charge in [-0.05, 0) is 36.8 Å². The number of amides is 1.